The van der Waals surface area contributed by atoms with Crippen molar-refractivity contribution in [2.75, 3.05) is 44.2 Å². The van der Waals surface area contributed by atoms with E-state index in [0.717, 1.165) is 44.8 Å². The Morgan fingerprint density at radius 1 is 1.29 bits per heavy atom. The van der Waals surface area contributed by atoms with Crippen molar-refractivity contribution in [1.82, 2.24) is 15.2 Å². The van der Waals surface area contributed by atoms with Gasteiger partial charge in [0.15, 0.2) is 0 Å². The summed E-state index contributed by atoms with van der Waals surface area (Å²) in [7, 11) is 0. The monoisotopic (exact) mass is 327 g/mol. The SMILES string of the molecule is CCNC(=O)CN1CCN(c2nc3c(cc2C#N)CCCC3)CC1. The molecule has 0 spiro atoms. The lowest BCUT2D eigenvalue weighted by Crippen LogP contribution is -2.50. The topological polar surface area (TPSA) is 72.3 Å². The summed E-state index contributed by atoms with van der Waals surface area (Å²) in [4.78, 5) is 20.9. The molecule has 1 amide bonds. The molecular formula is C18H25N5O. The highest BCUT2D eigenvalue weighted by molar-refractivity contribution is 5.78. The fourth-order valence-corrected chi connectivity index (χ4v) is 3.52. The molecule has 0 aromatic carbocycles. The van der Waals surface area contributed by atoms with Crippen LogP contribution in [0.2, 0.25) is 0 Å². The third-order valence-electron chi connectivity index (χ3n) is 4.81. The molecule has 2 heterocycles. The Morgan fingerprint density at radius 3 is 2.75 bits per heavy atom. The van der Waals surface area contributed by atoms with Crippen molar-refractivity contribution in [1.29, 1.82) is 5.26 Å². The normalized spacial score (nSPS) is 17.9. The molecule has 0 saturated carbocycles. The van der Waals surface area contributed by atoms with E-state index >= 15 is 0 Å². The minimum absolute atomic E-state index is 0.0792. The van der Waals surface area contributed by atoms with E-state index in [4.69, 9.17) is 4.98 Å². The first-order valence-corrected chi connectivity index (χ1v) is 8.88. The van der Waals surface area contributed by atoms with Gasteiger partial charge in [0.25, 0.3) is 0 Å². The van der Waals surface area contributed by atoms with Gasteiger partial charge in [-0.1, -0.05) is 0 Å². The molecule has 1 aliphatic heterocycles. The first-order chi connectivity index (χ1) is 11.7. The molecule has 1 fully saturated rings. The Labute approximate surface area is 143 Å². The summed E-state index contributed by atoms with van der Waals surface area (Å²) in [5.41, 5.74) is 3.10. The standard InChI is InChI=1S/C18H25N5O/c1-2-20-17(24)13-22-7-9-23(10-8-22)18-15(12-19)11-14-5-3-4-6-16(14)21-18/h11H,2-10,13H2,1H3,(H,20,24). The molecule has 3 rings (SSSR count). The van der Waals surface area contributed by atoms with Crippen LogP contribution in [0.1, 0.15) is 36.6 Å². The lowest BCUT2D eigenvalue weighted by Gasteiger charge is -2.35. The number of fused-ring (bicyclic) bond motifs is 1. The van der Waals surface area contributed by atoms with Gasteiger partial charge in [0.1, 0.15) is 11.9 Å². The van der Waals surface area contributed by atoms with Crippen molar-refractivity contribution >= 4 is 11.7 Å². The molecule has 6 heteroatoms. The molecular weight excluding hydrogens is 302 g/mol. The lowest BCUT2D eigenvalue weighted by molar-refractivity contribution is -0.122. The van der Waals surface area contributed by atoms with Crippen LogP contribution in [0.4, 0.5) is 5.82 Å². The minimum Gasteiger partial charge on any atom is -0.355 e. The molecule has 2 aliphatic rings. The van der Waals surface area contributed by atoms with Crippen LogP contribution in [-0.4, -0.2) is 55.1 Å². The van der Waals surface area contributed by atoms with E-state index in [0.29, 0.717) is 18.7 Å². The number of anilines is 1. The average molecular weight is 327 g/mol. The number of piperazine rings is 1. The number of hydrogen-bond donors (Lipinski definition) is 1. The number of hydrogen-bond acceptors (Lipinski definition) is 5. The summed E-state index contributed by atoms with van der Waals surface area (Å²) in [5.74, 6) is 0.909. The van der Waals surface area contributed by atoms with E-state index in [9.17, 15) is 10.1 Å². The summed E-state index contributed by atoms with van der Waals surface area (Å²) in [6, 6.07) is 4.36. The van der Waals surface area contributed by atoms with Gasteiger partial charge in [-0.25, -0.2) is 4.98 Å². The van der Waals surface area contributed by atoms with E-state index < -0.39 is 0 Å². The first kappa shape index (κ1) is 16.7. The molecule has 24 heavy (non-hydrogen) atoms. The van der Waals surface area contributed by atoms with Gasteiger partial charge in [0.05, 0.1) is 12.1 Å². The molecule has 1 aromatic heterocycles. The average Bonchev–Trinajstić information content (AvgIpc) is 2.61. The van der Waals surface area contributed by atoms with Gasteiger partial charge in [0.2, 0.25) is 5.91 Å². The summed E-state index contributed by atoms with van der Waals surface area (Å²) in [5, 5.41) is 12.3. The lowest BCUT2D eigenvalue weighted by atomic mass is 9.95. The second-order valence-corrected chi connectivity index (χ2v) is 6.50. The van der Waals surface area contributed by atoms with Crippen molar-refractivity contribution in [2.45, 2.75) is 32.6 Å². The third kappa shape index (κ3) is 3.68. The Hall–Kier alpha value is -2.13. The van der Waals surface area contributed by atoms with Crippen molar-refractivity contribution in [2.24, 2.45) is 0 Å². The van der Waals surface area contributed by atoms with Crippen molar-refractivity contribution in [3.63, 3.8) is 0 Å². The molecule has 6 nitrogen and oxygen atoms in total. The van der Waals surface area contributed by atoms with E-state index in [1.807, 2.05) is 13.0 Å². The molecule has 0 bridgehead atoms. The number of likely N-dealkylation sites (N-methyl/N-ethyl adjacent to an activating group) is 1. The molecule has 0 unspecified atom stereocenters. The van der Waals surface area contributed by atoms with E-state index in [2.05, 4.69) is 21.2 Å². The van der Waals surface area contributed by atoms with Gasteiger partial charge in [0, 0.05) is 38.4 Å². The minimum atomic E-state index is 0.0792. The smallest absolute Gasteiger partial charge is 0.234 e. The second-order valence-electron chi connectivity index (χ2n) is 6.50. The number of rotatable bonds is 4. The zero-order valence-electron chi connectivity index (χ0n) is 14.3. The number of amides is 1. The van der Waals surface area contributed by atoms with Gasteiger partial charge in [-0.05, 0) is 44.2 Å². The number of nitriles is 1. The van der Waals surface area contributed by atoms with Crippen molar-refractivity contribution in [3.05, 3.63) is 22.9 Å². The number of carbonyl (C=O) groups excluding carboxylic acids is 1. The van der Waals surface area contributed by atoms with Crippen LogP contribution < -0.4 is 10.2 Å². The molecule has 128 valence electrons. The summed E-state index contributed by atoms with van der Waals surface area (Å²) in [6.45, 7) is 6.30. The van der Waals surface area contributed by atoms with Gasteiger partial charge in [-0.3, -0.25) is 9.69 Å². The van der Waals surface area contributed by atoms with Crippen LogP contribution in [-0.2, 0) is 17.6 Å². The maximum absolute atomic E-state index is 11.7. The van der Waals surface area contributed by atoms with Crippen LogP contribution in [0.15, 0.2) is 6.07 Å². The number of carbonyl (C=O) groups is 1. The van der Waals surface area contributed by atoms with Crippen LogP contribution in [0.25, 0.3) is 0 Å². The second kappa shape index (κ2) is 7.63. The third-order valence-corrected chi connectivity index (χ3v) is 4.81. The highest BCUT2D eigenvalue weighted by Gasteiger charge is 2.23. The fourth-order valence-electron chi connectivity index (χ4n) is 3.52. The van der Waals surface area contributed by atoms with Gasteiger partial charge >= 0.3 is 0 Å². The molecule has 1 aromatic rings. The zero-order chi connectivity index (χ0) is 16.9. The van der Waals surface area contributed by atoms with Gasteiger partial charge < -0.3 is 10.2 Å². The predicted molar refractivity (Wildman–Crippen MR) is 92.9 cm³/mol. The van der Waals surface area contributed by atoms with E-state index in [1.54, 1.807) is 0 Å². The Morgan fingerprint density at radius 2 is 2.04 bits per heavy atom. The molecule has 1 N–H and O–H groups in total. The van der Waals surface area contributed by atoms with Gasteiger partial charge in [-0.2, -0.15) is 5.26 Å². The molecule has 1 saturated heterocycles. The number of nitrogens with zero attached hydrogens (tertiary/aromatic N) is 4. The largest absolute Gasteiger partial charge is 0.355 e. The fraction of sp³-hybridized carbons (Fsp3) is 0.611. The Bertz CT molecular complexity index is 644. The Balaban J connectivity index is 1.68. The summed E-state index contributed by atoms with van der Waals surface area (Å²) < 4.78 is 0. The maximum atomic E-state index is 11.7. The predicted octanol–water partition coefficient (Wildman–Crippen LogP) is 1.09. The highest BCUT2D eigenvalue weighted by Crippen LogP contribution is 2.27. The van der Waals surface area contributed by atoms with Crippen LogP contribution >= 0.6 is 0 Å². The number of nitrogens with one attached hydrogen (secondary N) is 1. The van der Waals surface area contributed by atoms with Crippen molar-refractivity contribution in [3.8, 4) is 6.07 Å². The maximum Gasteiger partial charge on any atom is 0.234 e. The summed E-state index contributed by atoms with van der Waals surface area (Å²) in [6.07, 6.45) is 4.44. The number of aromatic nitrogens is 1. The van der Waals surface area contributed by atoms with Gasteiger partial charge in [-0.15, -0.1) is 0 Å². The van der Waals surface area contributed by atoms with E-state index in [-0.39, 0.29) is 5.91 Å². The summed E-state index contributed by atoms with van der Waals surface area (Å²) >= 11 is 0. The zero-order valence-corrected chi connectivity index (χ0v) is 14.3. The number of pyridine rings is 1. The Kier molecular flexibility index (Phi) is 5.31. The molecule has 0 atom stereocenters. The quantitative estimate of drug-likeness (QED) is 0.896. The van der Waals surface area contributed by atoms with E-state index in [1.165, 1.54) is 24.1 Å². The number of aryl methyl sites for hydroxylation is 2. The van der Waals surface area contributed by atoms with Crippen LogP contribution in [0.5, 0.6) is 0 Å². The first-order valence-electron chi connectivity index (χ1n) is 8.88. The van der Waals surface area contributed by atoms with Crippen LogP contribution in [0, 0.1) is 11.3 Å². The van der Waals surface area contributed by atoms with Crippen LogP contribution in [0.3, 0.4) is 0 Å². The highest BCUT2D eigenvalue weighted by atomic mass is 16.2. The molecule has 1 aliphatic carbocycles. The van der Waals surface area contributed by atoms with Crippen molar-refractivity contribution < 1.29 is 4.79 Å². The molecule has 0 radical (unpaired) electrons.